The van der Waals surface area contributed by atoms with Gasteiger partial charge in [0.25, 0.3) is 0 Å². The molecule has 4 heteroatoms. The number of fused-ring (bicyclic) bond motifs is 1. The molecule has 0 saturated heterocycles. The van der Waals surface area contributed by atoms with Gasteiger partial charge < -0.3 is 4.57 Å². The number of aryl methyl sites for hydroxylation is 1. The second-order valence-electron chi connectivity index (χ2n) is 5.29. The van der Waals surface area contributed by atoms with Crippen molar-refractivity contribution in [2.75, 3.05) is 0 Å². The molecule has 3 rings (SSSR count). The summed E-state index contributed by atoms with van der Waals surface area (Å²) < 4.78 is 3.23. The first-order valence-electron chi connectivity index (χ1n) is 6.90. The second-order valence-corrected chi connectivity index (χ2v) is 6.86. The second kappa shape index (κ2) is 5.82. The number of aromatic nitrogens is 2. The summed E-state index contributed by atoms with van der Waals surface area (Å²) in [7, 11) is 0. The van der Waals surface area contributed by atoms with Crippen molar-refractivity contribution >= 4 is 38.6 Å². The Morgan fingerprint density at radius 2 is 2.05 bits per heavy atom. The maximum Gasteiger partial charge on any atom is 0.128 e. The van der Waals surface area contributed by atoms with E-state index in [2.05, 4.69) is 57.8 Å². The molecule has 2 nitrogen and oxygen atoms in total. The molecule has 0 spiro atoms. The van der Waals surface area contributed by atoms with Gasteiger partial charge in [-0.3, -0.25) is 0 Å². The summed E-state index contributed by atoms with van der Waals surface area (Å²) in [5, 5.41) is -0.124. The van der Waals surface area contributed by atoms with Crippen LogP contribution in [0.25, 0.3) is 11.0 Å². The van der Waals surface area contributed by atoms with Gasteiger partial charge in [0, 0.05) is 11.0 Å². The first-order chi connectivity index (χ1) is 10.0. The Morgan fingerprint density at radius 1 is 1.24 bits per heavy atom. The molecular weight excluding hydrogens is 348 g/mol. The average Bonchev–Trinajstić information content (AvgIpc) is 2.77. The van der Waals surface area contributed by atoms with Gasteiger partial charge in [-0.05, 0) is 37.6 Å². The molecule has 2 aromatic carbocycles. The lowest BCUT2D eigenvalue weighted by Gasteiger charge is -2.11. The zero-order valence-electron chi connectivity index (χ0n) is 12.0. The molecule has 0 fully saturated rings. The van der Waals surface area contributed by atoms with Gasteiger partial charge >= 0.3 is 0 Å². The van der Waals surface area contributed by atoms with Crippen LogP contribution >= 0.6 is 27.5 Å². The summed E-state index contributed by atoms with van der Waals surface area (Å²) in [6.45, 7) is 4.86. The number of alkyl halides is 1. The van der Waals surface area contributed by atoms with E-state index < -0.39 is 0 Å². The van der Waals surface area contributed by atoms with E-state index in [9.17, 15) is 0 Å². The van der Waals surface area contributed by atoms with Gasteiger partial charge in [0.1, 0.15) is 5.82 Å². The molecule has 0 radical (unpaired) electrons. The minimum absolute atomic E-state index is 0.124. The normalized spacial score (nSPS) is 12.8. The Bertz CT molecular complexity index is 793. The molecule has 0 aliphatic carbocycles. The molecule has 1 unspecified atom stereocenters. The molecule has 1 aromatic heterocycles. The number of hydrogen-bond donors (Lipinski definition) is 0. The van der Waals surface area contributed by atoms with E-state index in [1.807, 2.05) is 19.1 Å². The molecular formula is C17H16BrClN2. The number of imidazole rings is 1. The molecule has 1 heterocycles. The average molecular weight is 364 g/mol. The quantitative estimate of drug-likeness (QED) is 0.565. The van der Waals surface area contributed by atoms with Crippen LogP contribution in [0, 0.1) is 6.92 Å². The van der Waals surface area contributed by atoms with Crippen LogP contribution in [0.15, 0.2) is 46.9 Å². The van der Waals surface area contributed by atoms with Crippen molar-refractivity contribution < 1.29 is 0 Å². The Morgan fingerprint density at radius 3 is 2.76 bits per heavy atom. The van der Waals surface area contributed by atoms with Crippen LogP contribution in [0.2, 0.25) is 0 Å². The first-order valence-corrected chi connectivity index (χ1v) is 8.13. The monoisotopic (exact) mass is 362 g/mol. The van der Waals surface area contributed by atoms with Crippen molar-refractivity contribution in [1.29, 1.82) is 0 Å². The van der Waals surface area contributed by atoms with Gasteiger partial charge in [-0.2, -0.15) is 0 Å². The van der Waals surface area contributed by atoms with Gasteiger partial charge in [0.15, 0.2) is 0 Å². The number of halogens is 2. The fourth-order valence-electron chi connectivity index (χ4n) is 2.58. The molecule has 21 heavy (non-hydrogen) atoms. The predicted octanol–water partition coefficient (Wildman–Crippen LogP) is 5.46. The van der Waals surface area contributed by atoms with Crippen LogP contribution in [-0.2, 0) is 6.54 Å². The number of hydrogen-bond acceptors (Lipinski definition) is 1. The SMILES string of the molecule is Cc1cccc(Cn2c(C(C)Cl)nc3cc(Br)ccc32)c1. The molecule has 0 bridgehead atoms. The van der Waals surface area contributed by atoms with Gasteiger partial charge in [-0.25, -0.2) is 4.98 Å². The lowest BCUT2D eigenvalue weighted by Crippen LogP contribution is -2.05. The van der Waals surface area contributed by atoms with Crippen molar-refractivity contribution in [2.45, 2.75) is 25.8 Å². The summed E-state index contributed by atoms with van der Waals surface area (Å²) in [6.07, 6.45) is 0. The molecule has 0 amide bonds. The molecule has 108 valence electrons. The number of rotatable bonds is 3. The van der Waals surface area contributed by atoms with Crippen LogP contribution in [0.3, 0.4) is 0 Å². The molecule has 3 aromatic rings. The Hall–Kier alpha value is -1.32. The highest BCUT2D eigenvalue weighted by molar-refractivity contribution is 9.10. The lowest BCUT2D eigenvalue weighted by atomic mass is 10.1. The zero-order valence-corrected chi connectivity index (χ0v) is 14.3. The van der Waals surface area contributed by atoms with E-state index in [0.29, 0.717) is 0 Å². The summed E-state index contributed by atoms with van der Waals surface area (Å²) in [6, 6.07) is 14.7. The summed E-state index contributed by atoms with van der Waals surface area (Å²) in [5.41, 5.74) is 4.61. The summed E-state index contributed by atoms with van der Waals surface area (Å²) in [4.78, 5) is 4.69. The lowest BCUT2D eigenvalue weighted by molar-refractivity contribution is 0.742. The number of benzene rings is 2. The highest BCUT2D eigenvalue weighted by Crippen LogP contribution is 2.27. The maximum atomic E-state index is 6.32. The predicted molar refractivity (Wildman–Crippen MR) is 92.0 cm³/mol. The van der Waals surface area contributed by atoms with E-state index in [-0.39, 0.29) is 5.38 Å². The van der Waals surface area contributed by atoms with Crippen LogP contribution in [0.1, 0.15) is 29.3 Å². The molecule has 0 N–H and O–H groups in total. The Balaban J connectivity index is 2.13. The van der Waals surface area contributed by atoms with Crippen molar-refractivity contribution in [2.24, 2.45) is 0 Å². The van der Waals surface area contributed by atoms with E-state index in [1.54, 1.807) is 0 Å². The van der Waals surface area contributed by atoms with Crippen LogP contribution in [0.5, 0.6) is 0 Å². The molecule has 0 aliphatic rings. The van der Waals surface area contributed by atoms with Crippen molar-refractivity contribution in [3.63, 3.8) is 0 Å². The zero-order chi connectivity index (χ0) is 15.0. The smallest absolute Gasteiger partial charge is 0.128 e. The fourth-order valence-corrected chi connectivity index (χ4v) is 3.10. The Labute approximate surface area is 137 Å². The third-order valence-corrected chi connectivity index (χ3v) is 4.21. The van der Waals surface area contributed by atoms with Crippen molar-refractivity contribution in [3.8, 4) is 0 Å². The molecule has 1 atom stereocenters. The maximum absolute atomic E-state index is 6.32. The molecule has 0 saturated carbocycles. The van der Waals surface area contributed by atoms with Gasteiger partial charge in [-0.15, -0.1) is 11.6 Å². The van der Waals surface area contributed by atoms with Crippen LogP contribution in [0.4, 0.5) is 0 Å². The third kappa shape index (κ3) is 2.99. The minimum Gasteiger partial charge on any atom is -0.322 e. The standard InChI is InChI=1S/C17H16BrClN2/c1-11-4-3-5-13(8-11)10-21-16-7-6-14(18)9-15(16)20-17(21)12(2)19/h3-9,12H,10H2,1-2H3. The van der Waals surface area contributed by atoms with E-state index in [1.165, 1.54) is 11.1 Å². The fraction of sp³-hybridized carbons (Fsp3) is 0.235. The van der Waals surface area contributed by atoms with Crippen molar-refractivity contribution in [3.05, 3.63) is 63.9 Å². The first kappa shape index (κ1) is 14.6. The van der Waals surface area contributed by atoms with E-state index in [4.69, 9.17) is 16.6 Å². The minimum atomic E-state index is -0.124. The van der Waals surface area contributed by atoms with Crippen LogP contribution < -0.4 is 0 Å². The number of nitrogens with zero attached hydrogens (tertiary/aromatic N) is 2. The molecule has 0 aliphatic heterocycles. The van der Waals surface area contributed by atoms with Gasteiger partial charge in [-0.1, -0.05) is 45.8 Å². The van der Waals surface area contributed by atoms with Gasteiger partial charge in [0.05, 0.1) is 16.4 Å². The van der Waals surface area contributed by atoms with Gasteiger partial charge in [0.2, 0.25) is 0 Å². The van der Waals surface area contributed by atoms with E-state index in [0.717, 1.165) is 27.9 Å². The van der Waals surface area contributed by atoms with E-state index >= 15 is 0 Å². The topological polar surface area (TPSA) is 17.8 Å². The summed E-state index contributed by atoms with van der Waals surface area (Å²) >= 11 is 9.82. The third-order valence-electron chi connectivity index (χ3n) is 3.52. The largest absolute Gasteiger partial charge is 0.322 e. The summed E-state index contributed by atoms with van der Waals surface area (Å²) in [5.74, 6) is 0.909. The highest BCUT2D eigenvalue weighted by atomic mass is 79.9. The highest BCUT2D eigenvalue weighted by Gasteiger charge is 2.15. The van der Waals surface area contributed by atoms with Crippen molar-refractivity contribution in [1.82, 2.24) is 9.55 Å². The van der Waals surface area contributed by atoms with Crippen LogP contribution in [-0.4, -0.2) is 9.55 Å². The Kier molecular flexibility index (Phi) is 4.05.